The summed E-state index contributed by atoms with van der Waals surface area (Å²) in [6, 6.07) is 13.0. The third-order valence-corrected chi connectivity index (χ3v) is 4.96. The van der Waals surface area contributed by atoms with E-state index >= 15 is 0 Å². The van der Waals surface area contributed by atoms with Crippen molar-refractivity contribution >= 4 is 11.4 Å². The van der Waals surface area contributed by atoms with Crippen molar-refractivity contribution in [1.29, 1.82) is 0 Å². The van der Waals surface area contributed by atoms with Gasteiger partial charge in [-0.15, -0.1) is 0 Å². The third-order valence-electron chi connectivity index (χ3n) is 4.96. The van der Waals surface area contributed by atoms with Crippen LogP contribution in [0, 0.1) is 10.1 Å². The van der Waals surface area contributed by atoms with E-state index in [1.807, 2.05) is 24.3 Å². The summed E-state index contributed by atoms with van der Waals surface area (Å²) in [5.74, 6) is 1.48. The highest BCUT2D eigenvalue weighted by Crippen LogP contribution is 2.29. The van der Waals surface area contributed by atoms with Crippen molar-refractivity contribution in [2.75, 3.05) is 51.8 Å². The summed E-state index contributed by atoms with van der Waals surface area (Å²) in [7, 11) is 3.28. The first-order valence-corrected chi connectivity index (χ1v) is 9.04. The molecule has 0 N–H and O–H groups in total. The molecule has 3 rings (SSSR count). The van der Waals surface area contributed by atoms with Crippen LogP contribution in [0.3, 0.4) is 0 Å². The predicted molar refractivity (Wildman–Crippen MR) is 105 cm³/mol. The van der Waals surface area contributed by atoms with Gasteiger partial charge in [-0.05, 0) is 30.2 Å². The zero-order chi connectivity index (χ0) is 19.2. The Morgan fingerprint density at radius 2 is 1.70 bits per heavy atom. The van der Waals surface area contributed by atoms with E-state index in [1.165, 1.54) is 5.56 Å². The van der Waals surface area contributed by atoms with Crippen LogP contribution in [0.25, 0.3) is 0 Å². The minimum absolute atomic E-state index is 0.177. The Hall–Kier alpha value is -2.80. The number of rotatable bonds is 7. The van der Waals surface area contributed by atoms with Crippen LogP contribution in [0.5, 0.6) is 11.5 Å². The van der Waals surface area contributed by atoms with Gasteiger partial charge in [0.1, 0.15) is 5.69 Å². The maximum atomic E-state index is 11.2. The van der Waals surface area contributed by atoms with Gasteiger partial charge in [0.15, 0.2) is 11.5 Å². The number of para-hydroxylation sites is 2. The maximum Gasteiger partial charge on any atom is 0.292 e. The number of piperazine rings is 1. The molecule has 7 nitrogen and oxygen atoms in total. The van der Waals surface area contributed by atoms with Crippen molar-refractivity contribution in [1.82, 2.24) is 4.90 Å². The van der Waals surface area contributed by atoms with Crippen molar-refractivity contribution in [2.24, 2.45) is 0 Å². The topological polar surface area (TPSA) is 68.1 Å². The molecule has 0 unspecified atom stereocenters. The van der Waals surface area contributed by atoms with Crippen molar-refractivity contribution < 1.29 is 14.4 Å². The number of nitro groups is 1. The van der Waals surface area contributed by atoms with Crippen molar-refractivity contribution in [3.8, 4) is 11.5 Å². The van der Waals surface area contributed by atoms with Crippen LogP contribution in [0.15, 0.2) is 42.5 Å². The molecule has 2 aromatic rings. The number of nitrogens with zero attached hydrogens (tertiary/aromatic N) is 3. The fourth-order valence-corrected chi connectivity index (χ4v) is 3.42. The lowest BCUT2D eigenvalue weighted by molar-refractivity contribution is -0.384. The van der Waals surface area contributed by atoms with Gasteiger partial charge in [0, 0.05) is 38.8 Å². The summed E-state index contributed by atoms with van der Waals surface area (Å²) in [4.78, 5) is 15.4. The van der Waals surface area contributed by atoms with Crippen molar-refractivity contribution in [2.45, 2.75) is 6.42 Å². The second-order valence-electron chi connectivity index (χ2n) is 6.51. The SMILES string of the molecule is COc1ccc(CCN2CCN(c3ccccc3[N+](=O)[O-])CC2)cc1OC. The van der Waals surface area contributed by atoms with Crippen LogP contribution in [0.4, 0.5) is 11.4 Å². The Labute approximate surface area is 159 Å². The lowest BCUT2D eigenvalue weighted by Crippen LogP contribution is -2.47. The average Bonchev–Trinajstić information content (AvgIpc) is 2.72. The molecular weight excluding hydrogens is 346 g/mol. The largest absolute Gasteiger partial charge is 0.493 e. The molecule has 0 bridgehead atoms. The summed E-state index contributed by atoms with van der Waals surface area (Å²) in [6.07, 6.45) is 0.922. The molecule has 144 valence electrons. The summed E-state index contributed by atoms with van der Waals surface area (Å²) >= 11 is 0. The second-order valence-corrected chi connectivity index (χ2v) is 6.51. The number of methoxy groups -OCH3 is 2. The smallest absolute Gasteiger partial charge is 0.292 e. The van der Waals surface area contributed by atoms with Gasteiger partial charge >= 0.3 is 0 Å². The van der Waals surface area contributed by atoms with E-state index in [0.717, 1.165) is 50.6 Å². The molecule has 0 saturated carbocycles. The van der Waals surface area contributed by atoms with E-state index in [0.29, 0.717) is 5.69 Å². The Morgan fingerprint density at radius 1 is 1.00 bits per heavy atom. The van der Waals surface area contributed by atoms with Crippen LogP contribution in [0.1, 0.15) is 5.56 Å². The molecule has 2 aromatic carbocycles. The highest BCUT2D eigenvalue weighted by Gasteiger charge is 2.23. The third kappa shape index (κ3) is 4.49. The first-order chi connectivity index (χ1) is 13.1. The fourth-order valence-electron chi connectivity index (χ4n) is 3.42. The minimum atomic E-state index is -0.307. The zero-order valence-electron chi connectivity index (χ0n) is 15.8. The maximum absolute atomic E-state index is 11.2. The number of nitro benzene ring substituents is 1. The second kappa shape index (κ2) is 8.73. The van der Waals surface area contributed by atoms with E-state index in [-0.39, 0.29) is 10.6 Å². The average molecular weight is 371 g/mol. The van der Waals surface area contributed by atoms with Gasteiger partial charge in [0.05, 0.1) is 19.1 Å². The van der Waals surface area contributed by atoms with Gasteiger partial charge in [-0.25, -0.2) is 0 Å². The Kier molecular flexibility index (Phi) is 6.13. The van der Waals surface area contributed by atoms with Crippen LogP contribution >= 0.6 is 0 Å². The van der Waals surface area contributed by atoms with E-state index < -0.39 is 0 Å². The van der Waals surface area contributed by atoms with E-state index in [2.05, 4.69) is 15.9 Å². The van der Waals surface area contributed by atoms with Gasteiger partial charge in [-0.2, -0.15) is 0 Å². The standard InChI is InChI=1S/C20H25N3O4/c1-26-19-8-7-16(15-20(19)27-2)9-10-21-11-13-22(14-12-21)17-5-3-4-6-18(17)23(24)25/h3-8,15H,9-14H2,1-2H3. The highest BCUT2D eigenvalue weighted by molar-refractivity contribution is 5.63. The molecule has 0 amide bonds. The van der Waals surface area contributed by atoms with Crippen LogP contribution in [-0.4, -0.2) is 56.8 Å². The Morgan fingerprint density at radius 3 is 2.37 bits per heavy atom. The molecule has 1 aliphatic rings. The summed E-state index contributed by atoms with van der Waals surface area (Å²) in [5.41, 5.74) is 2.09. The molecule has 0 radical (unpaired) electrons. The molecule has 0 spiro atoms. The van der Waals surface area contributed by atoms with Crippen LogP contribution in [-0.2, 0) is 6.42 Å². The van der Waals surface area contributed by atoms with Gasteiger partial charge in [0.25, 0.3) is 5.69 Å². The van der Waals surface area contributed by atoms with Gasteiger partial charge in [0.2, 0.25) is 0 Å². The normalized spacial score (nSPS) is 14.8. The van der Waals surface area contributed by atoms with Gasteiger partial charge < -0.3 is 14.4 Å². The van der Waals surface area contributed by atoms with E-state index in [4.69, 9.17) is 9.47 Å². The number of hydrogen-bond donors (Lipinski definition) is 0. The first kappa shape index (κ1) is 19.0. The number of anilines is 1. The lowest BCUT2D eigenvalue weighted by Gasteiger charge is -2.35. The molecule has 1 saturated heterocycles. The quantitative estimate of drug-likeness (QED) is 0.551. The number of benzene rings is 2. The molecule has 0 aromatic heterocycles. The van der Waals surface area contributed by atoms with E-state index in [1.54, 1.807) is 26.4 Å². The fraction of sp³-hybridized carbons (Fsp3) is 0.400. The summed E-state index contributed by atoms with van der Waals surface area (Å²) in [6.45, 7) is 4.30. The predicted octanol–water partition coefficient (Wildman–Crippen LogP) is 2.98. The van der Waals surface area contributed by atoms with Crippen LogP contribution in [0.2, 0.25) is 0 Å². The molecule has 0 atom stereocenters. The molecular formula is C20H25N3O4. The van der Waals surface area contributed by atoms with Gasteiger partial charge in [-0.1, -0.05) is 18.2 Å². The van der Waals surface area contributed by atoms with Crippen molar-refractivity contribution in [3.63, 3.8) is 0 Å². The molecule has 1 fully saturated rings. The monoisotopic (exact) mass is 371 g/mol. The molecule has 7 heteroatoms. The summed E-state index contributed by atoms with van der Waals surface area (Å²) in [5, 5.41) is 11.2. The lowest BCUT2D eigenvalue weighted by atomic mass is 10.1. The van der Waals surface area contributed by atoms with Crippen LogP contribution < -0.4 is 14.4 Å². The Balaban J connectivity index is 1.55. The number of hydrogen-bond acceptors (Lipinski definition) is 6. The molecule has 0 aliphatic carbocycles. The van der Waals surface area contributed by atoms with E-state index in [9.17, 15) is 10.1 Å². The Bertz CT molecular complexity index is 789. The minimum Gasteiger partial charge on any atom is -0.493 e. The molecule has 1 heterocycles. The highest BCUT2D eigenvalue weighted by atomic mass is 16.6. The molecule has 1 aliphatic heterocycles. The van der Waals surface area contributed by atoms with Gasteiger partial charge in [-0.3, -0.25) is 15.0 Å². The number of ether oxygens (including phenoxy) is 2. The zero-order valence-corrected chi connectivity index (χ0v) is 15.8. The first-order valence-electron chi connectivity index (χ1n) is 9.04. The summed E-state index contributed by atoms with van der Waals surface area (Å²) < 4.78 is 10.6. The molecule has 27 heavy (non-hydrogen) atoms. The van der Waals surface area contributed by atoms with Crippen molar-refractivity contribution in [3.05, 3.63) is 58.1 Å².